The highest BCUT2D eigenvalue weighted by Crippen LogP contribution is 2.37. The summed E-state index contributed by atoms with van der Waals surface area (Å²) < 4.78 is 24.5. The van der Waals surface area contributed by atoms with Gasteiger partial charge in [-0.05, 0) is 94.8 Å². The van der Waals surface area contributed by atoms with Crippen LogP contribution in [-0.4, -0.2) is 142 Å². The Morgan fingerprint density at radius 2 is 1.72 bits per heavy atom. The average Bonchev–Trinajstić information content (AvgIpc) is 2.95. The maximum absolute atomic E-state index is 13.8. The predicted molar refractivity (Wildman–Crippen MR) is 177 cm³/mol. The van der Waals surface area contributed by atoms with Gasteiger partial charge in [0.05, 0.1) is 23.7 Å². The number of hydrogen-bond donors (Lipinski definition) is 5. The second kappa shape index (κ2) is 16.9. The van der Waals surface area contributed by atoms with E-state index in [-0.39, 0.29) is 36.9 Å². The minimum absolute atomic E-state index is 0.149. The quantitative estimate of drug-likeness (QED) is 0.260. The molecular formula is C34H65N3O10. The number of cyclic esters (lactones) is 1. The first kappa shape index (κ1) is 41.6. The highest BCUT2D eigenvalue weighted by atomic mass is 16.7. The number of nitrogens with one attached hydrogen (secondary N) is 1. The Morgan fingerprint density at radius 1 is 1.13 bits per heavy atom. The molecule has 2 fully saturated rings. The summed E-state index contributed by atoms with van der Waals surface area (Å²) >= 11 is 0. The predicted octanol–water partition coefficient (Wildman–Crippen LogP) is 2.12. The fourth-order valence-corrected chi connectivity index (χ4v) is 7.33. The number of alkyl carbamates (subject to hydrolysis) is 1. The number of esters is 1. The summed E-state index contributed by atoms with van der Waals surface area (Å²) in [6.07, 6.45) is -6.80. The zero-order valence-electron chi connectivity index (χ0n) is 31.0. The second-order valence-corrected chi connectivity index (χ2v) is 15.3. The molecule has 0 spiro atoms. The molecule has 0 aromatic rings. The Hall–Kier alpha value is -1.58. The molecule has 2 aliphatic rings. The minimum Gasteiger partial charge on any atom is -0.459 e. The molecule has 0 radical (unpaired) electrons. The monoisotopic (exact) mass is 675 g/mol. The molecule has 13 nitrogen and oxygen atoms in total. The lowest BCUT2D eigenvalue weighted by Gasteiger charge is -2.47. The topological polar surface area (TPSA) is 170 Å². The largest absolute Gasteiger partial charge is 0.459 e. The first-order valence-electron chi connectivity index (χ1n) is 17.2. The summed E-state index contributed by atoms with van der Waals surface area (Å²) in [6.45, 7) is 17.8. The van der Waals surface area contributed by atoms with E-state index in [4.69, 9.17) is 18.9 Å². The van der Waals surface area contributed by atoms with Crippen molar-refractivity contribution in [3.63, 3.8) is 0 Å². The van der Waals surface area contributed by atoms with E-state index in [1.807, 2.05) is 44.8 Å². The van der Waals surface area contributed by atoms with Crippen LogP contribution in [0, 0.1) is 17.8 Å². The molecule has 2 rings (SSSR count). The van der Waals surface area contributed by atoms with Gasteiger partial charge in [-0.3, -0.25) is 4.79 Å². The highest BCUT2D eigenvalue weighted by Gasteiger charge is 2.51. The van der Waals surface area contributed by atoms with Gasteiger partial charge in [0.1, 0.15) is 30.0 Å². The minimum atomic E-state index is -1.80. The first-order valence-corrected chi connectivity index (χ1v) is 17.2. The van der Waals surface area contributed by atoms with E-state index in [0.29, 0.717) is 13.0 Å². The third-order valence-corrected chi connectivity index (χ3v) is 10.1. The number of rotatable bonds is 6. The number of carbonyl (C=O) groups excluding carboxylic acids is 2. The van der Waals surface area contributed by atoms with Gasteiger partial charge in [-0.1, -0.05) is 20.8 Å². The zero-order valence-corrected chi connectivity index (χ0v) is 31.0. The van der Waals surface area contributed by atoms with E-state index < -0.39 is 78.0 Å². The van der Waals surface area contributed by atoms with Crippen molar-refractivity contribution in [2.75, 3.05) is 27.7 Å². The van der Waals surface area contributed by atoms with Gasteiger partial charge >= 0.3 is 12.1 Å². The van der Waals surface area contributed by atoms with Gasteiger partial charge in [-0.15, -0.1) is 0 Å². The maximum atomic E-state index is 13.8. The highest BCUT2D eigenvalue weighted by molar-refractivity contribution is 5.74. The standard InChI is InChI=1S/C34H65N3O10/c1-14-25-34(10,43)28(39)23(8)37(13)17-19(4)16-33(9,42)29(47-31-26(38)24(36(11)12)15-20(5)44-31)21(6)27(22(7)30(40)45-25)46-32(41)35-18(2)3/h18-29,31,38-39,42-43H,14-17H2,1-13H3,(H,35,41). The summed E-state index contributed by atoms with van der Waals surface area (Å²) in [5.41, 5.74) is -3.38. The normalized spacial score (nSPS) is 43.6. The number of aliphatic hydroxyl groups excluding tert-OH is 2. The van der Waals surface area contributed by atoms with Crippen molar-refractivity contribution in [2.45, 2.75) is 161 Å². The molecule has 0 bridgehead atoms. The first-order chi connectivity index (χ1) is 21.5. The third kappa shape index (κ3) is 10.5. The van der Waals surface area contributed by atoms with E-state index in [1.54, 1.807) is 48.5 Å². The van der Waals surface area contributed by atoms with Crippen LogP contribution >= 0.6 is 0 Å². The summed E-state index contributed by atoms with van der Waals surface area (Å²) in [6, 6.07) is -1.07. The molecule has 276 valence electrons. The van der Waals surface area contributed by atoms with Gasteiger partial charge in [0, 0.05) is 30.6 Å². The van der Waals surface area contributed by atoms with Crippen LogP contribution in [0.5, 0.6) is 0 Å². The van der Waals surface area contributed by atoms with Crippen LogP contribution in [0.2, 0.25) is 0 Å². The van der Waals surface area contributed by atoms with Gasteiger partial charge < -0.3 is 54.5 Å². The number of likely N-dealkylation sites (N-methyl/N-ethyl adjacent to an activating group) is 2. The van der Waals surface area contributed by atoms with E-state index in [9.17, 15) is 30.0 Å². The molecule has 5 N–H and O–H groups in total. The average molecular weight is 676 g/mol. The molecule has 13 heteroatoms. The SMILES string of the molecule is CCC1OC(=O)C(C)C(OC(=O)NC(C)C)C(C)C(OC2OC(C)CC(N(C)C)C2O)C(C)(O)CC(C)CN(C)C(C)C(O)C1(C)O. The van der Waals surface area contributed by atoms with Gasteiger partial charge in [0.15, 0.2) is 6.29 Å². The van der Waals surface area contributed by atoms with Gasteiger partial charge in [-0.2, -0.15) is 0 Å². The summed E-state index contributed by atoms with van der Waals surface area (Å²) in [7, 11) is 5.56. The maximum Gasteiger partial charge on any atom is 0.407 e. The van der Waals surface area contributed by atoms with Crippen LogP contribution in [0.4, 0.5) is 4.79 Å². The number of carbonyl (C=O) groups is 2. The Bertz CT molecular complexity index is 1010. The Balaban J connectivity index is 2.70. The lowest BCUT2D eigenvalue weighted by atomic mass is 9.77. The van der Waals surface area contributed by atoms with Crippen molar-refractivity contribution in [3.8, 4) is 0 Å². The van der Waals surface area contributed by atoms with E-state index in [2.05, 4.69) is 5.32 Å². The van der Waals surface area contributed by atoms with Crippen molar-refractivity contribution in [3.05, 3.63) is 0 Å². The second-order valence-electron chi connectivity index (χ2n) is 15.3. The molecule has 14 unspecified atom stereocenters. The molecule has 47 heavy (non-hydrogen) atoms. The van der Waals surface area contributed by atoms with Crippen LogP contribution in [0.3, 0.4) is 0 Å². The molecule has 2 heterocycles. The van der Waals surface area contributed by atoms with Crippen LogP contribution in [-0.2, 0) is 23.7 Å². The number of ether oxygens (including phenoxy) is 4. The molecule has 14 atom stereocenters. The van der Waals surface area contributed by atoms with Crippen LogP contribution in [0.1, 0.15) is 88.5 Å². The molecule has 0 aromatic carbocycles. The molecule has 1 amide bonds. The van der Waals surface area contributed by atoms with Crippen LogP contribution in [0.15, 0.2) is 0 Å². The Kier molecular flexibility index (Phi) is 14.9. The van der Waals surface area contributed by atoms with E-state index >= 15 is 0 Å². The van der Waals surface area contributed by atoms with Crippen molar-refractivity contribution < 1.29 is 49.0 Å². The van der Waals surface area contributed by atoms with Crippen molar-refractivity contribution in [1.82, 2.24) is 15.1 Å². The Labute approximate surface area is 282 Å². The van der Waals surface area contributed by atoms with Gasteiger partial charge in [0.2, 0.25) is 0 Å². The molecular weight excluding hydrogens is 610 g/mol. The molecule has 2 saturated heterocycles. The van der Waals surface area contributed by atoms with Crippen LogP contribution in [0.25, 0.3) is 0 Å². The number of nitrogens with zero attached hydrogens (tertiary/aromatic N) is 2. The van der Waals surface area contributed by atoms with Gasteiger partial charge in [0.25, 0.3) is 0 Å². The fourth-order valence-electron chi connectivity index (χ4n) is 7.33. The Morgan fingerprint density at radius 3 is 2.26 bits per heavy atom. The van der Waals surface area contributed by atoms with Crippen molar-refractivity contribution in [1.29, 1.82) is 0 Å². The lowest BCUT2D eigenvalue weighted by Crippen LogP contribution is -2.59. The summed E-state index contributed by atoms with van der Waals surface area (Å²) in [4.78, 5) is 30.7. The molecule has 0 saturated carbocycles. The van der Waals surface area contributed by atoms with E-state index in [1.165, 1.54) is 6.92 Å². The van der Waals surface area contributed by atoms with Crippen molar-refractivity contribution >= 4 is 12.1 Å². The molecule has 0 aliphatic carbocycles. The smallest absolute Gasteiger partial charge is 0.407 e. The number of hydrogen-bond acceptors (Lipinski definition) is 12. The number of aliphatic hydroxyl groups is 4. The third-order valence-electron chi connectivity index (χ3n) is 10.1. The van der Waals surface area contributed by atoms with Crippen LogP contribution < -0.4 is 5.32 Å². The lowest BCUT2D eigenvalue weighted by molar-refractivity contribution is -0.299. The molecule has 2 aliphatic heterocycles. The summed E-state index contributed by atoms with van der Waals surface area (Å²) in [5, 5.41) is 49.2. The zero-order chi connectivity index (χ0) is 36.2. The van der Waals surface area contributed by atoms with E-state index in [0.717, 1.165) is 0 Å². The fraction of sp³-hybridized carbons (Fsp3) is 0.941. The van der Waals surface area contributed by atoms with Crippen molar-refractivity contribution in [2.24, 2.45) is 17.8 Å². The molecule has 0 aromatic heterocycles. The number of amides is 1. The summed E-state index contributed by atoms with van der Waals surface area (Å²) in [5.74, 6) is -2.81. The van der Waals surface area contributed by atoms with Gasteiger partial charge in [-0.25, -0.2) is 4.79 Å².